The van der Waals surface area contributed by atoms with Gasteiger partial charge in [0.05, 0.1) is 13.2 Å². The Hall–Kier alpha value is -1.17. The van der Waals surface area contributed by atoms with E-state index in [2.05, 4.69) is 9.80 Å². The molecule has 0 radical (unpaired) electrons. The largest absolute Gasteiger partial charge is 0.381 e. The third-order valence-electron chi connectivity index (χ3n) is 5.80. The highest BCUT2D eigenvalue weighted by Gasteiger charge is 2.37. The van der Waals surface area contributed by atoms with E-state index < -0.39 is 0 Å². The van der Waals surface area contributed by atoms with Gasteiger partial charge in [-0.2, -0.15) is 0 Å². The summed E-state index contributed by atoms with van der Waals surface area (Å²) in [5.74, 6) is 0.352. The Kier molecular flexibility index (Phi) is 5.01. The van der Waals surface area contributed by atoms with E-state index in [1.807, 2.05) is 12.1 Å². The number of likely N-dealkylation sites (tertiary alicyclic amines) is 1. The van der Waals surface area contributed by atoms with Crippen LogP contribution in [-0.4, -0.2) is 63.0 Å². The predicted molar refractivity (Wildman–Crippen MR) is 91.9 cm³/mol. The van der Waals surface area contributed by atoms with Gasteiger partial charge in [-0.3, -0.25) is 4.90 Å². The molecule has 3 aliphatic rings. The lowest BCUT2D eigenvalue weighted by Gasteiger charge is -2.46. The maximum atomic E-state index is 13.3. The van der Waals surface area contributed by atoms with Crippen molar-refractivity contribution in [2.45, 2.75) is 31.3 Å². The van der Waals surface area contributed by atoms with Crippen molar-refractivity contribution in [2.75, 3.05) is 51.0 Å². The lowest BCUT2D eigenvalue weighted by molar-refractivity contribution is 0.00313. The molecule has 1 aromatic carbocycles. The molecule has 132 valence electrons. The second-order valence-electron chi connectivity index (χ2n) is 7.20. The molecule has 3 heterocycles. The molecule has 5 heteroatoms. The van der Waals surface area contributed by atoms with Crippen LogP contribution in [0.5, 0.6) is 0 Å². The molecule has 3 aliphatic heterocycles. The standard InChI is InChI=1S/C19H27FN2O2/c20-16-1-3-18(4-2-16)22-9-12-24-14-15-13-21(8-5-19(15)22)17-6-10-23-11-7-17/h1-4,15,17,19H,5-14H2/t15-,19+/m1/s1. The number of ether oxygens (including phenoxy) is 2. The van der Waals surface area contributed by atoms with Gasteiger partial charge < -0.3 is 14.4 Å². The third-order valence-corrected chi connectivity index (χ3v) is 5.80. The first-order valence-electron chi connectivity index (χ1n) is 9.23. The zero-order valence-corrected chi connectivity index (χ0v) is 14.2. The van der Waals surface area contributed by atoms with Gasteiger partial charge in [0.1, 0.15) is 5.82 Å². The van der Waals surface area contributed by atoms with Crippen molar-refractivity contribution in [2.24, 2.45) is 5.92 Å². The summed E-state index contributed by atoms with van der Waals surface area (Å²) in [6.45, 7) is 6.52. The molecular formula is C19H27FN2O2. The Bertz CT molecular complexity index is 533. The molecule has 0 amide bonds. The molecule has 4 rings (SSSR count). The minimum absolute atomic E-state index is 0.171. The van der Waals surface area contributed by atoms with E-state index in [1.165, 1.54) is 0 Å². The van der Waals surface area contributed by atoms with E-state index in [-0.39, 0.29) is 5.82 Å². The lowest BCUT2D eigenvalue weighted by Crippen LogP contribution is -2.54. The van der Waals surface area contributed by atoms with E-state index in [9.17, 15) is 4.39 Å². The summed E-state index contributed by atoms with van der Waals surface area (Å²) in [7, 11) is 0. The number of benzene rings is 1. The van der Waals surface area contributed by atoms with Crippen LogP contribution in [0.4, 0.5) is 10.1 Å². The average Bonchev–Trinajstić information content (AvgIpc) is 2.85. The molecule has 0 spiro atoms. The Balaban J connectivity index is 1.48. The smallest absolute Gasteiger partial charge is 0.123 e. The van der Waals surface area contributed by atoms with Crippen molar-refractivity contribution < 1.29 is 13.9 Å². The van der Waals surface area contributed by atoms with Crippen LogP contribution in [-0.2, 0) is 9.47 Å². The third kappa shape index (κ3) is 3.44. The van der Waals surface area contributed by atoms with Gasteiger partial charge in [0, 0.05) is 56.5 Å². The van der Waals surface area contributed by atoms with Crippen LogP contribution >= 0.6 is 0 Å². The number of halogens is 1. The van der Waals surface area contributed by atoms with Gasteiger partial charge in [0.2, 0.25) is 0 Å². The molecule has 0 N–H and O–H groups in total. The molecule has 0 aliphatic carbocycles. The highest BCUT2D eigenvalue weighted by molar-refractivity contribution is 5.48. The van der Waals surface area contributed by atoms with Gasteiger partial charge in [-0.15, -0.1) is 0 Å². The Morgan fingerprint density at radius 3 is 2.50 bits per heavy atom. The fourth-order valence-electron chi connectivity index (χ4n) is 4.52. The van der Waals surface area contributed by atoms with Gasteiger partial charge in [-0.25, -0.2) is 4.39 Å². The van der Waals surface area contributed by atoms with Crippen molar-refractivity contribution in [3.63, 3.8) is 0 Å². The Morgan fingerprint density at radius 2 is 1.71 bits per heavy atom. The number of piperidine rings is 1. The van der Waals surface area contributed by atoms with E-state index in [1.54, 1.807) is 12.1 Å². The molecule has 0 aromatic heterocycles. The Labute approximate surface area is 143 Å². The van der Waals surface area contributed by atoms with E-state index in [0.29, 0.717) is 18.0 Å². The highest BCUT2D eigenvalue weighted by Crippen LogP contribution is 2.31. The molecule has 1 aromatic rings. The summed E-state index contributed by atoms with van der Waals surface area (Å²) in [6.07, 6.45) is 3.46. The highest BCUT2D eigenvalue weighted by atomic mass is 19.1. The second kappa shape index (κ2) is 7.38. The molecule has 3 fully saturated rings. The van der Waals surface area contributed by atoms with Gasteiger partial charge in [-0.1, -0.05) is 0 Å². The summed E-state index contributed by atoms with van der Waals surface area (Å²) in [5.41, 5.74) is 1.12. The van der Waals surface area contributed by atoms with Crippen molar-refractivity contribution in [1.82, 2.24) is 4.90 Å². The minimum Gasteiger partial charge on any atom is -0.381 e. The van der Waals surface area contributed by atoms with Crippen LogP contribution < -0.4 is 4.90 Å². The van der Waals surface area contributed by atoms with Crippen LogP contribution in [0.15, 0.2) is 24.3 Å². The minimum atomic E-state index is -0.171. The van der Waals surface area contributed by atoms with Crippen LogP contribution in [0.1, 0.15) is 19.3 Å². The topological polar surface area (TPSA) is 24.9 Å². The lowest BCUT2D eigenvalue weighted by atomic mass is 9.89. The molecule has 4 nitrogen and oxygen atoms in total. The molecule has 0 bridgehead atoms. The maximum Gasteiger partial charge on any atom is 0.123 e. The molecule has 0 unspecified atom stereocenters. The first kappa shape index (κ1) is 16.3. The van der Waals surface area contributed by atoms with E-state index >= 15 is 0 Å². The number of hydrogen-bond donors (Lipinski definition) is 0. The van der Waals surface area contributed by atoms with Gasteiger partial charge in [0.15, 0.2) is 0 Å². The number of fused-ring (bicyclic) bond motifs is 1. The molecule has 24 heavy (non-hydrogen) atoms. The molecule has 0 saturated carbocycles. The number of anilines is 1. The summed E-state index contributed by atoms with van der Waals surface area (Å²) in [6, 6.07) is 8.10. The van der Waals surface area contributed by atoms with E-state index in [0.717, 1.165) is 71.0 Å². The number of nitrogens with zero attached hydrogens (tertiary/aromatic N) is 2. The average molecular weight is 334 g/mol. The van der Waals surface area contributed by atoms with Crippen molar-refractivity contribution in [3.8, 4) is 0 Å². The zero-order valence-electron chi connectivity index (χ0n) is 14.2. The van der Waals surface area contributed by atoms with Gasteiger partial charge in [0.25, 0.3) is 0 Å². The van der Waals surface area contributed by atoms with Crippen LogP contribution in [0.25, 0.3) is 0 Å². The Morgan fingerprint density at radius 1 is 0.917 bits per heavy atom. The zero-order chi connectivity index (χ0) is 16.4. The first-order chi connectivity index (χ1) is 11.8. The predicted octanol–water partition coefficient (Wildman–Crippen LogP) is 2.53. The maximum absolute atomic E-state index is 13.3. The SMILES string of the molecule is Fc1ccc(N2CCOC[C@H]3CN(C4CCOCC4)CC[C@@H]32)cc1. The normalized spacial score (nSPS) is 30.0. The first-order valence-corrected chi connectivity index (χ1v) is 9.23. The second-order valence-corrected chi connectivity index (χ2v) is 7.20. The van der Waals surface area contributed by atoms with Crippen LogP contribution in [0, 0.1) is 11.7 Å². The van der Waals surface area contributed by atoms with Crippen molar-refractivity contribution >= 4 is 5.69 Å². The quantitative estimate of drug-likeness (QED) is 0.830. The summed E-state index contributed by atoms with van der Waals surface area (Å²) in [4.78, 5) is 5.10. The van der Waals surface area contributed by atoms with Crippen LogP contribution in [0.2, 0.25) is 0 Å². The fraction of sp³-hybridized carbons (Fsp3) is 0.684. The van der Waals surface area contributed by atoms with Gasteiger partial charge in [-0.05, 0) is 43.5 Å². The van der Waals surface area contributed by atoms with Crippen molar-refractivity contribution in [3.05, 3.63) is 30.1 Å². The molecule has 2 atom stereocenters. The monoisotopic (exact) mass is 334 g/mol. The summed E-state index contributed by atoms with van der Waals surface area (Å²) >= 11 is 0. The van der Waals surface area contributed by atoms with E-state index in [4.69, 9.17) is 9.47 Å². The fourth-order valence-corrected chi connectivity index (χ4v) is 4.52. The van der Waals surface area contributed by atoms with Crippen molar-refractivity contribution in [1.29, 1.82) is 0 Å². The number of rotatable bonds is 2. The number of hydrogen-bond acceptors (Lipinski definition) is 4. The molecular weight excluding hydrogens is 307 g/mol. The summed E-state index contributed by atoms with van der Waals surface area (Å²) in [5, 5.41) is 0. The van der Waals surface area contributed by atoms with Gasteiger partial charge >= 0.3 is 0 Å². The summed E-state index contributed by atoms with van der Waals surface area (Å²) < 4.78 is 24.7. The van der Waals surface area contributed by atoms with Crippen LogP contribution in [0.3, 0.4) is 0 Å². The molecule has 3 saturated heterocycles.